The molecule has 3 unspecified atom stereocenters. The Kier molecular flexibility index (Phi) is 5.08. The molecule has 0 bridgehead atoms. The van der Waals surface area contributed by atoms with Crippen LogP contribution in [0.15, 0.2) is 24.3 Å². The minimum atomic E-state index is -0.155. The SMILES string of the molecule is CC1CCC(C)N1C1CCCN(C(=O)CN2C(=O)COc3ccccc32)C1. The summed E-state index contributed by atoms with van der Waals surface area (Å²) in [6.07, 6.45) is 4.66. The van der Waals surface area contributed by atoms with Crippen LogP contribution in [-0.4, -0.2) is 66.0 Å². The van der Waals surface area contributed by atoms with E-state index in [1.807, 2.05) is 29.2 Å². The molecule has 0 spiro atoms. The first-order valence-corrected chi connectivity index (χ1v) is 10.1. The predicted octanol–water partition coefficient (Wildman–Crippen LogP) is 2.28. The van der Waals surface area contributed by atoms with Crippen molar-refractivity contribution in [3.8, 4) is 5.75 Å². The van der Waals surface area contributed by atoms with Crippen molar-refractivity contribution in [2.75, 3.05) is 31.1 Å². The number of carbonyl (C=O) groups is 2. The lowest BCUT2D eigenvalue weighted by Gasteiger charge is -2.42. The normalized spacial score (nSPS) is 28.8. The molecule has 0 saturated carbocycles. The van der Waals surface area contributed by atoms with Crippen LogP contribution in [-0.2, 0) is 9.59 Å². The van der Waals surface area contributed by atoms with Crippen molar-refractivity contribution < 1.29 is 14.3 Å². The number of rotatable bonds is 3. The fourth-order valence-electron chi connectivity index (χ4n) is 4.92. The maximum Gasteiger partial charge on any atom is 0.265 e. The van der Waals surface area contributed by atoms with E-state index in [0.717, 1.165) is 25.9 Å². The van der Waals surface area contributed by atoms with Gasteiger partial charge in [0.15, 0.2) is 6.61 Å². The monoisotopic (exact) mass is 371 g/mol. The number of amides is 2. The molecule has 0 aromatic heterocycles. The van der Waals surface area contributed by atoms with E-state index in [4.69, 9.17) is 4.74 Å². The van der Waals surface area contributed by atoms with Gasteiger partial charge in [-0.05, 0) is 51.7 Å². The number of anilines is 1. The molecule has 3 aliphatic heterocycles. The second-order valence-electron chi connectivity index (χ2n) is 8.09. The number of carbonyl (C=O) groups excluding carboxylic acids is 2. The summed E-state index contributed by atoms with van der Waals surface area (Å²) in [5.41, 5.74) is 0.692. The first-order valence-electron chi connectivity index (χ1n) is 10.1. The van der Waals surface area contributed by atoms with E-state index in [2.05, 4.69) is 18.7 Å². The molecule has 2 saturated heterocycles. The number of nitrogens with zero attached hydrogens (tertiary/aromatic N) is 3. The van der Waals surface area contributed by atoms with Crippen molar-refractivity contribution in [3.63, 3.8) is 0 Å². The Bertz CT molecular complexity index is 712. The quantitative estimate of drug-likeness (QED) is 0.818. The van der Waals surface area contributed by atoms with Gasteiger partial charge in [-0.25, -0.2) is 0 Å². The molecule has 1 aromatic rings. The maximum atomic E-state index is 13.0. The number of piperidine rings is 1. The zero-order chi connectivity index (χ0) is 19.0. The minimum Gasteiger partial charge on any atom is -0.482 e. The van der Waals surface area contributed by atoms with Gasteiger partial charge in [-0.15, -0.1) is 0 Å². The summed E-state index contributed by atoms with van der Waals surface area (Å²) in [6.45, 7) is 6.24. The first-order chi connectivity index (χ1) is 13.0. The van der Waals surface area contributed by atoms with Crippen LogP contribution in [0.5, 0.6) is 5.75 Å². The smallest absolute Gasteiger partial charge is 0.265 e. The minimum absolute atomic E-state index is 0.00424. The molecule has 4 rings (SSSR count). The highest BCUT2D eigenvalue weighted by Crippen LogP contribution is 2.32. The Balaban J connectivity index is 1.45. The molecule has 2 amide bonds. The largest absolute Gasteiger partial charge is 0.482 e. The van der Waals surface area contributed by atoms with Crippen molar-refractivity contribution in [1.29, 1.82) is 0 Å². The molecular weight excluding hydrogens is 342 g/mol. The summed E-state index contributed by atoms with van der Waals surface area (Å²) in [4.78, 5) is 31.5. The average Bonchev–Trinajstić information content (AvgIpc) is 3.02. The Labute approximate surface area is 161 Å². The zero-order valence-electron chi connectivity index (χ0n) is 16.3. The highest BCUT2D eigenvalue weighted by atomic mass is 16.5. The number of hydrogen-bond acceptors (Lipinski definition) is 4. The van der Waals surface area contributed by atoms with E-state index in [1.54, 1.807) is 4.90 Å². The number of fused-ring (bicyclic) bond motifs is 1. The molecule has 27 heavy (non-hydrogen) atoms. The molecule has 0 radical (unpaired) electrons. The van der Waals surface area contributed by atoms with E-state index < -0.39 is 0 Å². The van der Waals surface area contributed by atoms with Crippen molar-refractivity contribution in [2.24, 2.45) is 0 Å². The molecule has 0 aliphatic carbocycles. The summed E-state index contributed by atoms with van der Waals surface area (Å²) in [7, 11) is 0. The molecule has 0 N–H and O–H groups in total. The number of hydrogen-bond donors (Lipinski definition) is 0. The van der Waals surface area contributed by atoms with Crippen LogP contribution in [0.25, 0.3) is 0 Å². The summed E-state index contributed by atoms with van der Waals surface area (Å²) in [5.74, 6) is 0.544. The third-order valence-corrected chi connectivity index (χ3v) is 6.29. The molecule has 6 heteroatoms. The van der Waals surface area contributed by atoms with Gasteiger partial charge in [-0.2, -0.15) is 0 Å². The van der Waals surface area contributed by atoms with Crippen molar-refractivity contribution in [2.45, 2.75) is 57.7 Å². The third kappa shape index (κ3) is 3.55. The summed E-state index contributed by atoms with van der Waals surface area (Å²) in [6, 6.07) is 9.04. The van der Waals surface area contributed by atoms with Crippen LogP contribution in [0.1, 0.15) is 39.5 Å². The van der Waals surface area contributed by atoms with E-state index in [1.165, 1.54) is 12.8 Å². The van der Waals surface area contributed by atoms with Gasteiger partial charge in [0.2, 0.25) is 5.91 Å². The summed E-state index contributed by atoms with van der Waals surface area (Å²) >= 11 is 0. The van der Waals surface area contributed by atoms with Gasteiger partial charge in [-0.1, -0.05) is 12.1 Å². The predicted molar refractivity (Wildman–Crippen MR) is 104 cm³/mol. The van der Waals surface area contributed by atoms with Gasteiger partial charge in [0.25, 0.3) is 5.91 Å². The van der Waals surface area contributed by atoms with E-state index in [9.17, 15) is 9.59 Å². The summed E-state index contributed by atoms with van der Waals surface area (Å²) < 4.78 is 5.48. The maximum absolute atomic E-state index is 13.0. The van der Waals surface area contributed by atoms with Crippen LogP contribution in [0.3, 0.4) is 0 Å². The molecule has 146 valence electrons. The Morgan fingerprint density at radius 3 is 2.67 bits per heavy atom. The fourth-order valence-corrected chi connectivity index (χ4v) is 4.92. The van der Waals surface area contributed by atoms with Crippen LogP contribution in [0.4, 0.5) is 5.69 Å². The van der Waals surface area contributed by atoms with E-state index >= 15 is 0 Å². The number of likely N-dealkylation sites (tertiary alicyclic amines) is 2. The van der Waals surface area contributed by atoms with E-state index in [0.29, 0.717) is 29.6 Å². The van der Waals surface area contributed by atoms with Gasteiger partial charge in [0, 0.05) is 31.2 Å². The lowest BCUT2D eigenvalue weighted by molar-refractivity contribution is -0.134. The number of para-hydroxylation sites is 2. The molecule has 1 aromatic carbocycles. The second kappa shape index (κ2) is 7.50. The van der Waals surface area contributed by atoms with Crippen LogP contribution < -0.4 is 9.64 Å². The van der Waals surface area contributed by atoms with Crippen LogP contribution >= 0.6 is 0 Å². The average molecular weight is 371 g/mol. The Morgan fingerprint density at radius 2 is 1.89 bits per heavy atom. The topological polar surface area (TPSA) is 53.1 Å². The molecule has 2 fully saturated rings. The lowest BCUT2D eigenvalue weighted by Crippen LogP contribution is -2.54. The Hall–Kier alpha value is -2.08. The summed E-state index contributed by atoms with van der Waals surface area (Å²) in [5, 5.41) is 0. The van der Waals surface area contributed by atoms with Crippen LogP contribution in [0.2, 0.25) is 0 Å². The van der Waals surface area contributed by atoms with Gasteiger partial charge < -0.3 is 9.64 Å². The molecular formula is C21H29N3O3. The second-order valence-corrected chi connectivity index (χ2v) is 8.09. The standard InChI is InChI=1S/C21H29N3O3/c1-15-9-10-16(2)24(15)17-6-5-11-22(12-17)20(25)13-23-18-7-3-4-8-19(18)27-14-21(23)26/h3-4,7-8,15-17H,5-6,9-14H2,1-2H3. The molecule has 3 aliphatic rings. The van der Waals surface area contributed by atoms with Gasteiger partial charge >= 0.3 is 0 Å². The van der Waals surface area contributed by atoms with Gasteiger partial charge in [0.05, 0.1) is 5.69 Å². The van der Waals surface area contributed by atoms with Gasteiger partial charge in [-0.3, -0.25) is 19.4 Å². The highest BCUT2D eigenvalue weighted by Gasteiger charge is 2.37. The fraction of sp³-hybridized carbons (Fsp3) is 0.619. The Morgan fingerprint density at radius 1 is 1.15 bits per heavy atom. The molecule has 3 heterocycles. The third-order valence-electron chi connectivity index (χ3n) is 6.29. The lowest BCUT2D eigenvalue weighted by atomic mass is 10.0. The number of ether oxygens (including phenoxy) is 1. The number of benzene rings is 1. The van der Waals surface area contributed by atoms with Crippen molar-refractivity contribution >= 4 is 17.5 Å². The van der Waals surface area contributed by atoms with Crippen LogP contribution in [0, 0.1) is 0 Å². The van der Waals surface area contributed by atoms with Gasteiger partial charge in [0.1, 0.15) is 12.3 Å². The molecule has 6 nitrogen and oxygen atoms in total. The van der Waals surface area contributed by atoms with Crippen molar-refractivity contribution in [1.82, 2.24) is 9.80 Å². The highest BCUT2D eigenvalue weighted by molar-refractivity contribution is 6.02. The molecule has 3 atom stereocenters. The zero-order valence-corrected chi connectivity index (χ0v) is 16.3. The first kappa shape index (κ1) is 18.3. The van der Waals surface area contributed by atoms with E-state index in [-0.39, 0.29) is 25.0 Å². The van der Waals surface area contributed by atoms with Crippen molar-refractivity contribution in [3.05, 3.63) is 24.3 Å².